The molecule has 144 valence electrons. The highest BCUT2D eigenvalue weighted by Crippen LogP contribution is 2.36. The number of rotatable bonds is 5. The van der Waals surface area contributed by atoms with Crippen LogP contribution in [-0.4, -0.2) is 29.6 Å². The largest absolute Gasteiger partial charge is 0.331 e. The van der Waals surface area contributed by atoms with Crippen LogP contribution in [0.3, 0.4) is 0 Å². The quantitative estimate of drug-likeness (QED) is 0.705. The Morgan fingerprint density at radius 1 is 1.30 bits per heavy atom. The lowest BCUT2D eigenvalue weighted by Gasteiger charge is -2.14. The zero-order chi connectivity index (χ0) is 19.4. The average Bonchev–Trinajstić information content (AvgIpc) is 3.12. The van der Waals surface area contributed by atoms with Gasteiger partial charge in [-0.2, -0.15) is 0 Å². The van der Waals surface area contributed by atoms with Crippen LogP contribution in [0, 0.1) is 0 Å². The Morgan fingerprint density at radius 3 is 2.67 bits per heavy atom. The van der Waals surface area contributed by atoms with E-state index in [1.165, 1.54) is 34.7 Å². The minimum atomic E-state index is -3.73. The van der Waals surface area contributed by atoms with Crippen LogP contribution in [-0.2, 0) is 23.6 Å². The number of hydrogen-bond acceptors (Lipinski definition) is 6. The zero-order valence-electron chi connectivity index (χ0n) is 15.0. The highest BCUT2D eigenvalue weighted by molar-refractivity contribution is 8.01. The maximum Gasteiger partial charge on any atom is 0.331 e. The van der Waals surface area contributed by atoms with Crippen molar-refractivity contribution in [3.05, 3.63) is 50.0 Å². The van der Waals surface area contributed by atoms with Gasteiger partial charge in [-0.1, -0.05) is 6.08 Å². The molecule has 1 fully saturated rings. The summed E-state index contributed by atoms with van der Waals surface area (Å²) in [5, 5.41) is 0.206. The van der Waals surface area contributed by atoms with E-state index in [2.05, 4.69) is 9.44 Å². The van der Waals surface area contributed by atoms with Crippen LogP contribution in [0.5, 0.6) is 0 Å². The summed E-state index contributed by atoms with van der Waals surface area (Å²) in [7, 11) is -2.16. The summed E-state index contributed by atoms with van der Waals surface area (Å²) < 4.78 is 33.5. The van der Waals surface area contributed by atoms with Gasteiger partial charge in [0.25, 0.3) is 5.56 Å². The number of allylic oxidation sites excluding steroid dienone is 1. The molecule has 1 saturated carbocycles. The molecule has 0 amide bonds. The highest BCUT2D eigenvalue weighted by atomic mass is 32.2. The molecule has 27 heavy (non-hydrogen) atoms. The van der Waals surface area contributed by atoms with E-state index in [9.17, 15) is 18.0 Å². The van der Waals surface area contributed by atoms with E-state index in [0.29, 0.717) is 12.1 Å². The Morgan fingerprint density at radius 2 is 2.04 bits per heavy atom. The van der Waals surface area contributed by atoms with Gasteiger partial charge >= 0.3 is 5.69 Å². The van der Waals surface area contributed by atoms with Crippen molar-refractivity contribution in [2.45, 2.75) is 36.7 Å². The van der Waals surface area contributed by atoms with Crippen molar-refractivity contribution >= 4 is 32.9 Å². The molecule has 2 aliphatic rings. The molecule has 10 heteroatoms. The van der Waals surface area contributed by atoms with Gasteiger partial charge in [0.05, 0.1) is 22.3 Å². The van der Waals surface area contributed by atoms with E-state index in [0.717, 1.165) is 22.3 Å². The van der Waals surface area contributed by atoms with Crippen molar-refractivity contribution in [1.82, 2.24) is 18.6 Å². The second-order valence-corrected chi connectivity index (χ2v) is 9.90. The van der Waals surface area contributed by atoms with Gasteiger partial charge in [0, 0.05) is 24.0 Å². The standard InChI is InChI=1S/C17H20N4O4S2/c1-17(6-7-17)19-27(24,25)12-3-4-14-13(9-12)15(22)21(16(23)20(14)2)10-11-5-8-18-26-11/h3-5,9,18-19H,6-8,10H2,1-2H3. The first-order chi connectivity index (χ1) is 12.7. The van der Waals surface area contributed by atoms with Gasteiger partial charge in [0.2, 0.25) is 10.0 Å². The van der Waals surface area contributed by atoms with Crippen molar-refractivity contribution in [2.24, 2.45) is 7.05 Å². The number of benzene rings is 1. The fraction of sp³-hybridized carbons (Fsp3) is 0.412. The number of nitrogens with one attached hydrogen (secondary N) is 2. The maximum absolute atomic E-state index is 12.9. The summed E-state index contributed by atoms with van der Waals surface area (Å²) in [6.45, 7) is 2.69. The molecular formula is C17H20N4O4S2. The first-order valence-corrected chi connectivity index (χ1v) is 10.9. The van der Waals surface area contributed by atoms with Crippen molar-refractivity contribution < 1.29 is 8.42 Å². The van der Waals surface area contributed by atoms with Crippen molar-refractivity contribution in [1.29, 1.82) is 0 Å². The summed E-state index contributed by atoms with van der Waals surface area (Å²) in [4.78, 5) is 26.5. The first kappa shape index (κ1) is 18.5. The Kier molecular flexibility index (Phi) is 4.34. The normalized spacial score (nSPS) is 18.7. The lowest BCUT2D eigenvalue weighted by atomic mass is 10.2. The molecule has 8 nitrogen and oxygen atoms in total. The topological polar surface area (TPSA) is 102 Å². The summed E-state index contributed by atoms with van der Waals surface area (Å²) >= 11 is 1.38. The van der Waals surface area contributed by atoms with E-state index >= 15 is 0 Å². The third-order valence-electron chi connectivity index (χ3n) is 4.94. The van der Waals surface area contributed by atoms with Gasteiger partial charge in [-0.15, -0.1) is 0 Å². The van der Waals surface area contributed by atoms with Crippen LogP contribution < -0.4 is 20.7 Å². The average molecular weight is 409 g/mol. The van der Waals surface area contributed by atoms with Gasteiger partial charge in [-0.25, -0.2) is 17.9 Å². The number of fused-ring (bicyclic) bond motifs is 1. The summed E-state index contributed by atoms with van der Waals surface area (Å²) in [6.07, 6.45) is 3.51. The SMILES string of the molecule is Cn1c(=O)n(CC2=CCNS2)c(=O)c2cc(S(=O)(=O)NC3(C)CC3)ccc21. The molecule has 0 bridgehead atoms. The van der Waals surface area contributed by atoms with Crippen LogP contribution in [0.2, 0.25) is 0 Å². The molecule has 1 aromatic carbocycles. The van der Waals surface area contributed by atoms with Crippen LogP contribution in [0.25, 0.3) is 10.9 Å². The number of sulfonamides is 1. The smallest absolute Gasteiger partial charge is 0.296 e. The van der Waals surface area contributed by atoms with Crippen molar-refractivity contribution in [3.63, 3.8) is 0 Å². The molecule has 0 spiro atoms. The van der Waals surface area contributed by atoms with Crippen molar-refractivity contribution in [2.75, 3.05) is 6.54 Å². The van der Waals surface area contributed by atoms with Gasteiger partial charge in [0.15, 0.2) is 0 Å². The second-order valence-electron chi connectivity index (χ2n) is 7.20. The predicted molar refractivity (Wildman–Crippen MR) is 105 cm³/mol. The van der Waals surface area contributed by atoms with E-state index in [1.807, 2.05) is 13.0 Å². The fourth-order valence-corrected chi connectivity index (χ4v) is 5.26. The molecule has 2 N–H and O–H groups in total. The molecular weight excluding hydrogens is 388 g/mol. The molecule has 2 aromatic rings. The molecule has 0 saturated heterocycles. The minimum absolute atomic E-state index is 0.0292. The second kappa shape index (κ2) is 6.33. The summed E-state index contributed by atoms with van der Waals surface area (Å²) in [5.41, 5.74) is -0.920. The molecule has 0 unspecified atom stereocenters. The first-order valence-electron chi connectivity index (χ1n) is 8.57. The Hall–Kier alpha value is -1.88. The summed E-state index contributed by atoms with van der Waals surface area (Å²) in [6, 6.07) is 4.30. The van der Waals surface area contributed by atoms with Crippen LogP contribution >= 0.6 is 11.9 Å². The number of aryl methyl sites for hydroxylation is 1. The molecule has 0 atom stereocenters. The lowest BCUT2D eigenvalue weighted by molar-refractivity contribution is 0.558. The Labute approximate surface area is 160 Å². The predicted octanol–water partition coefficient (Wildman–Crippen LogP) is 0.666. The molecule has 1 aliphatic carbocycles. The molecule has 2 heterocycles. The molecule has 1 aromatic heterocycles. The van der Waals surface area contributed by atoms with E-state index in [1.54, 1.807) is 7.05 Å². The van der Waals surface area contributed by atoms with Gasteiger partial charge < -0.3 is 0 Å². The lowest BCUT2D eigenvalue weighted by Crippen LogP contribution is -2.39. The number of nitrogens with zero attached hydrogens (tertiary/aromatic N) is 2. The molecule has 0 radical (unpaired) electrons. The van der Waals surface area contributed by atoms with E-state index in [4.69, 9.17) is 0 Å². The van der Waals surface area contributed by atoms with Crippen molar-refractivity contribution in [3.8, 4) is 0 Å². The Bertz CT molecular complexity index is 1190. The minimum Gasteiger partial charge on any atom is -0.296 e. The fourth-order valence-electron chi connectivity index (χ4n) is 3.06. The monoisotopic (exact) mass is 408 g/mol. The van der Waals surface area contributed by atoms with Crippen LogP contribution in [0.4, 0.5) is 0 Å². The van der Waals surface area contributed by atoms with E-state index < -0.39 is 26.8 Å². The third-order valence-corrected chi connectivity index (χ3v) is 7.45. The van der Waals surface area contributed by atoms with Gasteiger partial charge in [-0.3, -0.25) is 18.7 Å². The highest BCUT2D eigenvalue weighted by Gasteiger charge is 2.41. The van der Waals surface area contributed by atoms with Crippen LogP contribution in [0.15, 0.2) is 43.7 Å². The van der Waals surface area contributed by atoms with E-state index in [-0.39, 0.29) is 16.8 Å². The number of aromatic nitrogens is 2. The zero-order valence-corrected chi connectivity index (χ0v) is 16.6. The summed E-state index contributed by atoms with van der Waals surface area (Å²) in [5.74, 6) is 0. The molecule has 4 rings (SSSR count). The third kappa shape index (κ3) is 3.38. The number of hydrogen-bond donors (Lipinski definition) is 2. The van der Waals surface area contributed by atoms with Gasteiger partial charge in [0.1, 0.15) is 0 Å². The van der Waals surface area contributed by atoms with Crippen LogP contribution in [0.1, 0.15) is 19.8 Å². The molecule has 1 aliphatic heterocycles. The van der Waals surface area contributed by atoms with Gasteiger partial charge in [-0.05, 0) is 49.9 Å². The Balaban J connectivity index is 1.85. The maximum atomic E-state index is 12.9.